The van der Waals surface area contributed by atoms with E-state index in [0.717, 1.165) is 16.3 Å². The van der Waals surface area contributed by atoms with Crippen molar-refractivity contribution >= 4 is 16.5 Å². The maximum absolute atomic E-state index is 9.11. The molecular weight excluding hydrogens is 254 g/mol. The molecule has 2 aromatic rings. The normalized spacial score (nSPS) is 13.4. The Balaban J connectivity index is 2.50. The van der Waals surface area contributed by atoms with E-state index in [1.165, 1.54) is 0 Å². The van der Waals surface area contributed by atoms with Gasteiger partial charge in [0.1, 0.15) is 5.75 Å². The van der Waals surface area contributed by atoms with Gasteiger partial charge in [-0.1, -0.05) is 42.4 Å². The Kier molecular flexibility index (Phi) is 4.58. The SMILES string of the molecule is C/C(=N\O)c1ccc2ccccc2c1OCC(C)CO. The second-order valence-electron chi connectivity index (χ2n) is 4.95. The molecule has 0 aliphatic carbocycles. The van der Waals surface area contributed by atoms with E-state index < -0.39 is 0 Å². The topological polar surface area (TPSA) is 62.1 Å². The van der Waals surface area contributed by atoms with Gasteiger partial charge in [0.05, 0.1) is 12.3 Å². The van der Waals surface area contributed by atoms with Gasteiger partial charge in [0.15, 0.2) is 0 Å². The van der Waals surface area contributed by atoms with Gasteiger partial charge in [-0.25, -0.2) is 0 Å². The number of rotatable bonds is 5. The van der Waals surface area contributed by atoms with Crippen LogP contribution in [0, 0.1) is 5.92 Å². The van der Waals surface area contributed by atoms with Gasteiger partial charge in [-0.2, -0.15) is 0 Å². The number of hydrogen-bond acceptors (Lipinski definition) is 4. The van der Waals surface area contributed by atoms with Crippen molar-refractivity contribution in [2.45, 2.75) is 13.8 Å². The Morgan fingerprint density at radius 1 is 1.25 bits per heavy atom. The second-order valence-corrected chi connectivity index (χ2v) is 4.95. The van der Waals surface area contributed by atoms with Crippen molar-refractivity contribution in [3.8, 4) is 5.75 Å². The second kappa shape index (κ2) is 6.39. The standard InChI is InChI=1S/C16H19NO3/c1-11(9-18)10-20-16-14(12(2)17-19)8-7-13-5-3-4-6-15(13)16/h3-8,11,18-19H,9-10H2,1-2H3/b17-12+. The maximum Gasteiger partial charge on any atom is 0.136 e. The lowest BCUT2D eigenvalue weighted by Gasteiger charge is -2.16. The van der Waals surface area contributed by atoms with E-state index in [-0.39, 0.29) is 12.5 Å². The molecule has 2 rings (SSSR count). The number of hydrogen-bond donors (Lipinski definition) is 2. The Morgan fingerprint density at radius 2 is 2.00 bits per heavy atom. The van der Waals surface area contributed by atoms with E-state index in [9.17, 15) is 0 Å². The van der Waals surface area contributed by atoms with Gasteiger partial charge in [0.25, 0.3) is 0 Å². The van der Waals surface area contributed by atoms with E-state index in [4.69, 9.17) is 15.1 Å². The first kappa shape index (κ1) is 14.3. The monoisotopic (exact) mass is 273 g/mol. The molecule has 0 aliphatic rings. The summed E-state index contributed by atoms with van der Waals surface area (Å²) in [5.74, 6) is 0.742. The van der Waals surface area contributed by atoms with Crippen LogP contribution >= 0.6 is 0 Å². The van der Waals surface area contributed by atoms with E-state index in [1.54, 1.807) is 6.92 Å². The number of oxime groups is 1. The van der Waals surface area contributed by atoms with Crippen LogP contribution in [0.5, 0.6) is 5.75 Å². The molecule has 0 fully saturated rings. The van der Waals surface area contributed by atoms with Crippen LogP contribution in [0.25, 0.3) is 10.8 Å². The molecule has 0 spiro atoms. The molecule has 0 saturated heterocycles. The quantitative estimate of drug-likeness (QED) is 0.500. The first-order chi connectivity index (χ1) is 9.67. The van der Waals surface area contributed by atoms with Crippen molar-refractivity contribution in [3.63, 3.8) is 0 Å². The Hall–Kier alpha value is -2.07. The first-order valence-corrected chi connectivity index (χ1v) is 6.61. The van der Waals surface area contributed by atoms with E-state index >= 15 is 0 Å². The molecule has 0 radical (unpaired) electrons. The molecule has 2 aromatic carbocycles. The number of fused-ring (bicyclic) bond motifs is 1. The molecule has 1 unspecified atom stereocenters. The number of nitrogens with zero attached hydrogens (tertiary/aromatic N) is 1. The average molecular weight is 273 g/mol. The summed E-state index contributed by atoms with van der Waals surface area (Å²) in [6.07, 6.45) is 0. The van der Waals surface area contributed by atoms with Crippen LogP contribution in [0.4, 0.5) is 0 Å². The zero-order valence-corrected chi connectivity index (χ0v) is 11.7. The Morgan fingerprint density at radius 3 is 2.70 bits per heavy atom. The third-order valence-electron chi connectivity index (χ3n) is 3.24. The minimum absolute atomic E-state index is 0.0492. The number of aliphatic hydroxyl groups excluding tert-OH is 1. The Labute approximate surface area is 118 Å². The molecule has 1 atom stereocenters. The highest BCUT2D eigenvalue weighted by Gasteiger charge is 2.13. The van der Waals surface area contributed by atoms with Crippen molar-refractivity contribution in [1.29, 1.82) is 0 Å². The minimum atomic E-state index is 0.0492. The van der Waals surface area contributed by atoms with Gasteiger partial charge < -0.3 is 15.1 Å². The summed E-state index contributed by atoms with van der Waals surface area (Å²) < 4.78 is 5.87. The molecule has 0 saturated carbocycles. The zero-order valence-electron chi connectivity index (χ0n) is 11.7. The summed E-state index contributed by atoms with van der Waals surface area (Å²) in [5, 5.41) is 23.4. The van der Waals surface area contributed by atoms with Crippen molar-refractivity contribution < 1.29 is 15.1 Å². The van der Waals surface area contributed by atoms with Gasteiger partial charge in [-0.05, 0) is 18.4 Å². The van der Waals surface area contributed by atoms with Crippen LogP contribution in [0.1, 0.15) is 19.4 Å². The largest absolute Gasteiger partial charge is 0.492 e. The van der Waals surface area contributed by atoms with Crippen LogP contribution in [0.15, 0.2) is 41.6 Å². The fourth-order valence-electron chi connectivity index (χ4n) is 2.02. The van der Waals surface area contributed by atoms with Crippen molar-refractivity contribution in [3.05, 3.63) is 42.0 Å². The van der Waals surface area contributed by atoms with Gasteiger partial charge in [0.2, 0.25) is 0 Å². The molecule has 4 heteroatoms. The van der Waals surface area contributed by atoms with Crippen LogP contribution in [0.2, 0.25) is 0 Å². The van der Waals surface area contributed by atoms with Crippen LogP contribution in [0.3, 0.4) is 0 Å². The summed E-state index contributed by atoms with van der Waals surface area (Å²) in [5.41, 5.74) is 1.26. The predicted molar refractivity (Wildman–Crippen MR) is 79.7 cm³/mol. The minimum Gasteiger partial charge on any atom is -0.492 e. The molecule has 0 aromatic heterocycles. The molecule has 4 nitrogen and oxygen atoms in total. The molecule has 0 amide bonds. The third kappa shape index (κ3) is 2.91. The number of aliphatic hydroxyl groups is 1. The summed E-state index contributed by atoms with van der Waals surface area (Å²) >= 11 is 0. The molecular formula is C16H19NO3. The smallest absolute Gasteiger partial charge is 0.136 e. The molecule has 0 bridgehead atoms. The van der Waals surface area contributed by atoms with Crippen molar-refractivity contribution in [1.82, 2.24) is 0 Å². The van der Waals surface area contributed by atoms with E-state index in [2.05, 4.69) is 5.16 Å². The van der Waals surface area contributed by atoms with Crippen molar-refractivity contribution in [2.75, 3.05) is 13.2 Å². The molecule has 20 heavy (non-hydrogen) atoms. The van der Waals surface area contributed by atoms with Crippen LogP contribution in [-0.2, 0) is 0 Å². The van der Waals surface area contributed by atoms with Crippen LogP contribution < -0.4 is 4.74 Å². The summed E-state index contributed by atoms with van der Waals surface area (Å²) in [4.78, 5) is 0. The van der Waals surface area contributed by atoms with Gasteiger partial charge >= 0.3 is 0 Å². The summed E-state index contributed by atoms with van der Waals surface area (Å²) in [6.45, 7) is 4.13. The fraction of sp³-hybridized carbons (Fsp3) is 0.312. The van der Waals surface area contributed by atoms with Gasteiger partial charge in [0, 0.05) is 23.5 Å². The average Bonchev–Trinajstić information content (AvgIpc) is 2.51. The highest BCUT2D eigenvalue weighted by atomic mass is 16.5. The van der Waals surface area contributed by atoms with E-state index in [0.29, 0.717) is 18.1 Å². The van der Waals surface area contributed by atoms with Crippen LogP contribution in [-0.4, -0.2) is 29.2 Å². The number of benzene rings is 2. The highest BCUT2D eigenvalue weighted by molar-refractivity contribution is 6.06. The maximum atomic E-state index is 9.11. The summed E-state index contributed by atoms with van der Waals surface area (Å²) in [7, 11) is 0. The zero-order chi connectivity index (χ0) is 14.5. The molecule has 2 N–H and O–H groups in total. The fourth-order valence-corrected chi connectivity index (χ4v) is 2.02. The lowest BCUT2D eigenvalue weighted by atomic mass is 10.0. The predicted octanol–water partition coefficient (Wildman–Crippen LogP) is 3.05. The molecule has 106 valence electrons. The van der Waals surface area contributed by atoms with Gasteiger partial charge in [-0.15, -0.1) is 0 Å². The van der Waals surface area contributed by atoms with E-state index in [1.807, 2.05) is 43.3 Å². The lowest BCUT2D eigenvalue weighted by Crippen LogP contribution is -2.14. The Bertz CT molecular complexity index is 622. The lowest BCUT2D eigenvalue weighted by molar-refractivity contribution is 0.175. The third-order valence-corrected chi connectivity index (χ3v) is 3.24. The first-order valence-electron chi connectivity index (χ1n) is 6.61. The summed E-state index contributed by atoms with van der Waals surface area (Å²) in [6, 6.07) is 11.8. The van der Waals surface area contributed by atoms with Crippen molar-refractivity contribution in [2.24, 2.45) is 11.1 Å². The van der Waals surface area contributed by atoms with Gasteiger partial charge in [-0.3, -0.25) is 0 Å². The highest BCUT2D eigenvalue weighted by Crippen LogP contribution is 2.30. The molecule has 0 heterocycles. The number of ether oxygens (including phenoxy) is 1. The molecule has 0 aliphatic heterocycles.